The summed E-state index contributed by atoms with van der Waals surface area (Å²) in [4.78, 5) is 36.0. The van der Waals surface area contributed by atoms with Crippen LogP contribution in [0.2, 0.25) is 0 Å². The van der Waals surface area contributed by atoms with Crippen molar-refractivity contribution in [1.82, 2.24) is 4.98 Å². The van der Waals surface area contributed by atoms with E-state index in [2.05, 4.69) is 10.1 Å². The molecule has 0 aromatic carbocycles. The van der Waals surface area contributed by atoms with Crippen molar-refractivity contribution in [2.75, 3.05) is 18.1 Å². The van der Waals surface area contributed by atoms with E-state index in [1.54, 1.807) is 23.6 Å². The highest BCUT2D eigenvalue weighted by Crippen LogP contribution is 2.31. The average molecular weight is 416 g/mol. The number of amides is 2. The largest absolute Gasteiger partial charge is 0.444 e. The number of carbonyl (C=O) groups excluding carboxylic acids is 2. The molecule has 1 unspecified atom stereocenters. The number of hydrogen-bond acceptors (Lipinski definition) is 8. The zero-order valence-electron chi connectivity index (χ0n) is 15.5. The molecular weight excluding hydrogens is 396 g/mol. The van der Waals surface area contributed by atoms with Gasteiger partial charge in [0.15, 0.2) is 6.10 Å². The van der Waals surface area contributed by atoms with Crippen molar-refractivity contribution in [2.45, 2.75) is 31.5 Å². The fraction of sp³-hybridized carbons (Fsp3) is 0.368. The maximum Gasteiger partial charge on any atom is 0.415 e. The first-order valence-electron chi connectivity index (χ1n) is 9.20. The number of ether oxygens (including phenoxy) is 1. The lowest BCUT2D eigenvalue weighted by molar-refractivity contribution is -0.118. The lowest BCUT2D eigenvalue weighted by atomic mass is 10.1. The summed E-state index contributed by atoms with van der Waals surface area (Å²) in [7, 11) is 0. The lowest BCUT2D eigenvalue weighted by Gasteiger charge is -2.12. The standard InChI is InChI=1S/C19H20N4O5S/c20-17(25)5-2-12-9-23(19(26)27-12)18-6-1-11(8-21-18)15-3-4-16(29-15)14-7-13(10-24)28-22-14/h1,3-4,6,8,12-13,24H,2,5,7,9-10H2,(H2,20,25)/t12-,13?/m1/s1. The number of nitrogens with zero attached hydrogens (tertiary/aromatic N) is 3. The van der Waals surface area contributed by atoms with E-state index in [0.29, 0.717) is 25.2 Å². The van der Waals surface area contributed by atoms with Crippen molar-refractivity contribution in [3.8, 4) is 10.4 Å². The van der Waals surface area contributed by atoms with Gasteiger partial charge in [-0.15, -0.1) is 11.3 Å². The van der Waals surface area contributed by atoms with Crippen molar-refractivity contribution in [3.05, 3.63) is 35.3 Å². The van der Waals surface area contributed by atoms with Gasteiger partial charge in [0.05, 0.1) is 18.0 Å². The van der Waals surface area contributed by atoms with Gasteiger partial charge >= 0.3 is 6.09 Å². The second-order valence-corrected chi connectivity index (χ2v) is 7.93. The third kappa shape index (κ3) is 4.22. The van der Waals surface area contributed by atoms with E-state index in [-0.39, 0.29) is 25.2 Å². The van der Waals surface area contributed by atoms with Crippen molar-refractivity contribution in [3.63, 3.8) is 0 Å². The van der Waals surface area contributed by atoms with Gasteiger partial charge in [-0.25, -0.2) is 9.78 Å². The monoisotopic (exact) mass is 416 g/mol. The van der Waals surface area contributed by atoms with E-state index in [9.17, 15) is 9.59 Å². The number of cyclic esters (lactones) is 1. The molecule has 2 aromatic heterocycles. The predicted octanol–water partition coefficient (Wildman–Crippen LogP) is 1.89. The number of anilines is 1. The number of pyridine rings is 1. The summed E-state index contributed by atoms with van der Waals surface area (Å²) in [5, 5.41) is 13.2. The van der Waals surface area contributed by atoms with Gasteiger partial charge in [-0.05, 0) is 30.7 Å². The number of carbonyl (C=O) groups is 2. The molecular formula is C19H20N4O5S. The molecule has 29 heavy (non-hydrogen) atoms. The molecule has 10 heteroatoms. The summed E-state index contributed by atoms with van der Waals surface area (Å²) >= 11 is 1.56. The summed E-state index contributed by atoms with van der Waals surface area (Å²) in [5.74, 6) is 0.0794. The van der Waals surface area contributed by atoms with Crippen molar-refractivity contribution in [2.24, 2.45) is 10.9 Å². The van der Waals surface area contributed by atoms with Crippen LogP contribution in [0, 0.1) is 0 Å². The molecule has 2 aliphatic heterocycles. The van der Waals surface area contributed by atoms with E-state index in [4.69, 9.17) is 20.4 Å². The highest BCUT2D eigenvalue weighted by Gasteiger charge is 2.33. The second kappa shape index (κ2) is 8.18. The summed E-state index contributed by atoms with van der Waals surface area (Å²) in [6.07, 6.45) is 1.75. The number of rotatable bonds is 7. The minimum atomic E-state index is -0.476. The smallest absolute Gasteiger partial charge is 0.415 e. The van der Waals surface area contributed by atoms with Crippen LogP contribution in [0.3, 0.4) is 0 Å². The van der Waals surface area contributed by atoms with Gasteiger partial charge in [0, 0.05) is 29.5 Å². The first-order chi connectivity index (χ1) is 14.0. The Labute approximate surface area is 170 Å². The third-order valence-electron chi connectivity index (χ3n) is 4.72. The van der Waals surface area contributed by atoms with Crippen LogP contribution in [0.25, 0.3) is 10.4 Å². The van der Waals surface area contributed by atoms with Crippen LogP contribution in [0.5, 0.6) is 0 Å². The molecule has 2 atom stereocenters. The number of thiophene rings is 1. The number of aromatic nitrogens is 1. The Morgan fingerprint density at radius 3 is 2.79 bits per heavy atom. The molecule has 0 radical (unpaired) electrons. The van der Waals surface area contributed by atoms with Gasteiger partial charge in [0.2, 0.25) is 5.91 Å². The third-order valence-corrected chi connectivity index (χ3v) is 5.91. The van der Waals surface area contributed by atoms with Crippen LogP contribution < -0.4 is 10.6 Å². The Kier molecular flexibility index (Phi) is 5.45. The van der Waals surface area contributed by atoms with Crippen LogP contribution in [-0.4, -0.2) is 53.2 Å². The van der Waals surface area contributed by atoms with E-state index in [0.717, 1.165) is 21.0 Å². The fourth-order valence-electron chi connectivity index (χ4n) is 3.17. The highest BCUT2D eigenvalue weighted by molar-refractivity contribution is 7.17. The second-order valence-electron chi connectivity index (χ2n) is 6.84. The van der Waals surface area contributed by atoms with Gasteiger partial charge in [0.1, 0.15) is 17.6 Å². The van der Waals surface area contributed by atoms with Crippen molar-refractivity contribution < 1.29 is 24.3 Å². The summed E-state index contributed by atoms with van der Waals surface area (Å²) in [6, 6.07) is 7.61. The quantitative estimate of drug-likeness (QED) is 0.709. The average Bonchev–Trinajstić information content (AvgIpc) is 3.45. The van der Waals surface area contributed by atoms with Gasteiger partial charge in [0.25, 0.3) is 0 Å². The Balaban J connectivity index is 1.42. The maximum absolute atomic E-state index is 12.1. The summed E-state index contributed by atoms with van der Waals surface area (Å²) in [6.45, 7) is 0.284. The Morgan fingerprint density at radius 1 is 1.28 bits per heavy atom. The first-order valence-corrected chi connectivity index (χ1v) is 10.0. The molecule has 4 heterocycles. The SMILES string of the molecule is NC(=O)CC[C@@H]1CN(c2ccc(-c3ccc(C4=NOC(CO)C4)s3)cn2)C(=O)O1. The first kappa shape index (κ1) is 19.3. The lowest BCUT2D eigenvalue weighted by Crippen LogP contribution is -2.25. The normalized spacial score (nSPS) is 21.1. The number of aliphatic hydroxyl groups excluding tert-OH is 1. The van der Waals surface area contributed by atoms with Crippen LogP contribution in [0.15, 0.2) is 35.6 Å². The number of primary amides is 1. The van der Waals surface area contributed by atoms with Gasteiger partial charge < -0.3 is 20.4 Å². The molecule has 0 bridgehead atoms. The van der Waals surface area contributed by atoms with E-state index < -0.39 is 12.0 Å². The van der Waals surface area contributed by atoms with Crippen molar-refractivity contribution in [1.29, 1.82) is 0 Å². The zero-order valence-corrected chi connectivity index (χ0v) is 16.3. The minimum absolute atomic E-state index is 0.0566. The number of aliphatic hydroxyl groups is 1. The summed E-state index contributed by atoms with van der Waals surface area (Å²) in [5.41, 5.74) is 6.89. The van der Waals surface area contributed by atoms with Gasteiger partial charge in [-0.3, -0.25) is 9.69 Å². The summed E-state index contributed by atoms with van der Waals surface area (Å²) < 4.78 is 5.27. The molecule has 1 saturated heterocycles. The molecule has 0 aliphatic carbocycles. The fourth-order valence-corrected chi connectivity index (χ4v) is 4.16. The highest BCUT2D eigenvalue weighted by atomic mass is 32.1. The topological polar surface area (TPSA) is 127 Å². The molecule has 4 rings (SSSR count). The number of nitrogens with two attached hydrogens (primary N) is 1. The van der Waals surface area contributed by atoms with Crippen LogP contribution in [-0.2, 0) is 14.4 Å². The molecule has 1 fully saturated rings. The number of oxime groups is 1. The van der Waals surface area contributed by atoms with Crippen molar-refractivity contribution >= 4 is 34.9 Å². The minimum Gasteiger partial charge on any atom is -0.444 e. The molecule has 0 saturated carbocycles. The molecule has 2 aromatic rings. The Morgan fingerprint density at radius 2 is 2.10 bits per heavy atom. The van der Waals surface area contributed by atoms with Gasteiger partial charge in [-0.2, -0.15) is 0 Å². The molecule has 3 N–H and O–H groups in total. The van der Waals surface area contributed by atoms with Crippen LogP contribution >= 0.6 is 11.3 Å². The molecule has 152 valence electrons. The van der Waals surface area contributed by atoms with E-state index in [1.165, 1.54) is 4.90 Å². The van der Waals surface area contributed by atoms with E-state index in [1.807, 2.05) is 18.2 Å². The molecule has 0 spiro atoms. The molecule has 2 amide bonds. The Hall–Kier alpha value is -2.98. The van der Waals surface area contributed by atoms with Crippen LogP contribution in [0.4, 0.5) is 10.6 Å². The Bertz CT molecular complexity index is 942. The van der Waals surface area contributed by atoms with E-state index >= 15 is 0 Å². The predicted molar refractivity (Wildman–Crippen MR) is 107 cm³/mol. The van der Waals surface area contributed by atoms with Gasteiger partial charge in [-0.1, -0.05) is 5.16 Å². The molecule has 9 nitrogen and oxygen atoms in total. The zero-order chi connectivity index (χ0) is 20.4. The maximum atomic E-state index is 12.1. The van der Waals surface area contributed by atoms with Crippen LogP contribution in [0.1, 0.15) is 24.1 Å². The molecule has 2 aliphatic rings. The number of hydrogen-bond donors (Lipinski definition) is 2.